The third-order valence-electron chi connectivity index (χ3n) is 13.0. The van der Waals surface area contributed by atoms with E-state index in [1.165, 1.54) is 40.0 Å². The third kappa shape index (κ3) is 8.69. The lowest BCUT2D eigenvalue weighted by Gasteiger charge is -2.67. The monoisotopic (exact) mass is 873 g/mol. The number of aliphatic hydroxyl groups is 3. The number of esters is 4. The number of carbonyl (C=O) groups excluding carboxylic acids is 6. The lowest BCUT2D eigenvalue weighted by Crippen LogP contribution is -2.82. The standard InChI is InChI=1S/C45H63NO16/c1-13-31(49)59-34-32-23(4)28(58-39(53)33(50)27(17-22(2)3)46-40(54)62-41(6,7)8)20-45(55,42(32,9)10)37(60-38(52)25-15-14-16-26(18-25)56-12)35-43(11,36(34)51)29(48)19-30-44(35,21-57-30)61-24(5)47/h14-16,18,22,27-30,33-35,37,48,50,55H,13,17,19-21H2,1-12H3,(H,46,54)/t27-,28-,29-,30+,33+,34+,35?,37?,43+,44-,45+/m0/s1. The van der Waals surface area contributed by atoms with E-state index in [0.29, 0.717) is 5.75 Å². The van der Waals surface area contributed by atoms with Crippen LogP contribution >= 0.6 is 0 Å². The van der Waals surface area contributed by atoms with E-state index in [9.17, 15) is 39.3 Å². The summed E-state index contributed by atoms with van der Waals surface area (Å²) in [7, 11) is 1.40. The second-order valence-electron chi connectivity index (χ2n) is 19.1. The molecular weight excluding hydrogens is 810 g/mol. The molecule has 0 radical (unpaired) electrons. The van der Waals surface area contributed by atoms with E-state index in [1.54, 1.807) is 46.8 Å². The summed E-state index contributed by atoms with van der Waals surface area (Å²) in [6.45, 7) is 17.0. The molecular formula is C45H63NO16. The minimum atomic E-state index is -2.41. The number of alkyl carbamates (subject to hydrolysis) is 1. The highest BCUT2D eigenvalue weighted by atomic mass is 16.6. The van der Waals surface area contributed by atoms with Gasteiger partial charge in [0.05, 0.1) is 42.8 Å². The fraction of sp³-hybridized carbons (Fsp3) is 0.689. The summed E-state index contributed by atoms with van der Waals surface area (Å²) in [5, 5.41) is 39.9. The molecule has 1 heterocycles. The van der Waals surface area contributed by atoms with Crippen molar-refractivity contribution in [1.82, 2.24) is 5.32 Å². The van der Waals surface area contributed by atoms with Crippen molar-refractivity contribution in [2.75, 3.05) is 13.7 Å². The van der Waals surface area contributed by atoms with E-state index in [-0.39, 0.29) is 48.5 Å². The molecule has 344 valence electrons. The molecule has 2 unspecified atom stereocenters. The van der Waals surface area contributed by atoms with Gasteiger partial charge in [0.15, 0.2) is 23.6 Å². The van der Waals surface area contributed by atoms with Crippen molar-refractivity contribution in [3.8, 4) is 5.75 Å². The number of ketones is 1. The van der Waals surface area contributed by atoms with Gasteiger partial charge in [0, 0.05) is 31.6 Å². The van der Waals surface area contributed by atoms with Crippen molar-refractivity contribution in [3.63, 3.8) is 0 Å². The van der Waals surface area contributed by atoms with E-state index in [2.05, 4.69) is 5.32 Å². The molecule has 4 N–H and O–H groups in total. The highest BCUT2D eigenvalue weighted by molar-refractivity contribution is 5.96. The first-order valence-corrected chi connectivity index (χ1v) is 21.1. The Labute approximate surface area is 362 Å². The first kappa shape index (κ1) is 48.5. The number of Topliss-reactive ketones (excluding diaryl/α,β-unsaturated/α-hetero) is 1. The maximum absolute atomic E-state index is 15.6. The Morgan fingerprint density at radius 2 is 1.71 bits per heavy atom. The molecule has 0 aromatic heterocycles. The van der Waals surface area contributed by atoms with Gasteiger partial charge in [0.25, 0.3) is 0 Å². The maximum atomic E-state index is 15.6. The van der Waals surface area contributed by atoms with Crippen LogP contribution in [-0.4, -0.2) is 124 Å². The van der Waals surface area contributed by atoms with Gasteiger partial charge in [-0.05, 0) is 76.3 Å². The van der Waals surface area contributed by atoms with Gasteiger partial charge in [0.2, 0.25) is 0 Å². The van der Waals surface area contributed by atoms with Gasteiger partial charge in [-0.25, -0.2) is 14.4 Å². The third-order valence-corrected chi connectivity index (χ3v) is 13.0. The van der Waals surface area contributed by atoms with Crippen LogP contribution < -0.4 is 10.1 Å². The Morgan fingerprint density at radius 3 is 2.26 bits per heavy atom. The Bertz CT molecular complexity index is 1970. The number of rotatable bonds is 12. The van der Waals surface area contributed by atoms with Crippen LogP contribution in [0.3, 0.4) is 0 Å². The lowest BCUT2D eigenvalue weighted by atomic mass is 9.44. The molecule has 1 aromatic rings. The van der Waals surface area contributed by atoms with Crippen LogP contribution in [-0.2, 0) is 47.6 Å². The quantitative estimate of drug-likeness (QED) is 0.132. The molecule has 3 aliphatic carbocycles. The number of methoxy groups -OCH3 is 1. The van der Waals surface area contributed by atoms with Crippen molar-refractivity contribution in [2.45, 2.75) is 161 Å². The van der Waals surface area contributed by atoms with E-state index in [0.717, 1.165) is 6.92 Å². The maximum Gasteiger partial charge on any atom is 0.407 e. The average molecular weight is 874 g/mol. The summed E-state index contributed by atoms with van der Waals surface area (Å²) in [5.41, 5.74) is -8.69. The zero-order valence-corrected chi connectivity index (χ0v) is 37.7. The minimum absolute atomic E-state index is 0.00114. The van der Waals surface area contributed by atoms with Gasteiger partial charge < -0.3 is 53.8 Å². The second kappa shape index (κ2) is 17.5. The van der Waals surface area contributed by atoms with Crippen molar-refractivity contribution < 1.29 is 77.2 Å². The highest BCUT2D eigenvalue weighted by Gasteiger charge is 2.78. The van der Waals surface area contributed by atoms with Crippen LogP contribution in [0.1, 0.15) is 112 Å². The topological polar surface area (TPSA) is 240 Å². The highest BCUT2D eigenvalue weighted by Crippen LogP contribution is 2.64. The molecule has 1 aliphatic heterocycles. The number of fused-ring (bicyclic) bond motifs is 5. The zero-order valence-electron chi connectivity index (χ0n) is 37.7. The van der Waals surface area contributed by atoms with E-state index >= 15 is 4.79 Å². The molecule has 62 heavy (non-hydrogen) atoms. The molecule has 5 rings (SSSR count). The molecule has 1 saturated heterocycles. The number of amides is 1. The molecule has 17 nitrogen and oxygen atoms in total. The van der Waals surface area contributed by atoms with Crippen LogP contribution in [0.4, 0.5) is 4.79 Å². The molecule has 4 aliphatic rings. The number of hydrogen-bond donors (Lipinski definition) is 4. The summed E-state index contributed by atoms with van der Waals surface area (Å²) in [6.07, 6.45) is -11.5. The molecule has 11 atom stereocenters. The number of hydrogen-bond acceptors (Lipinski definition) is 16. The number of ether oxygens (including phenoxy) is 7. The van der Waals surface area contributed by atoms with Crippen LogP contribution in [0.5, 0.6) is 5.75 Å². The number of carbonyl (C=O) groups is 6. The van der Waals surface area contributed by atoms with Crippen molar-refractivity contribution in [1.29, 1.82) is 0 Å². The zero-order chi connectivity index (χ0) is 46.5. The van der Waals surface area contributed by atoms with Gasteiger partial charge in [-0.15, -0.1) is 0 Å². The van der Waals surface area contributed by atoms with E-state index < -0.39 is 118 Å². The van der Waals surface area contributed by atoms with E-state index in [1.807, 2.05) is 13.8 Å². The van der Waals surface area contributed by atoms with Crippen LogP contribution in [0, 0.1) is 22.7 Å². The Balaban J connectivity index is 1.75. The molecule has 1 aromatic carbocycles. The molecule has 0 spiro atoms. The van der Waals surface area contributed by atoms with Gasteiger partial charge >= 0.3 is 30.0 Å². The van der Waals surface area contributed by atoms with Crippen molar-refractivity contribution in [2.24, 2.45) is 22.7 Å². The largest absolute Gasteiger partial charge is 0.497 e. The molecule has 2 saturated carbocycles. The Kier molecular flexibility index (Phi) is 13.7. The number of nitrogens with one attached hydrogen (secondary N) is 1. The molecule has 1 amide bonds. The van der Waals surface area contributed by atoms with Gasteiger partial charge in [-0.1, -0.05) is 40.7 Å². The first-order valence-electron chi connectivity index (χ1n) is 21.1. The smallest absolute Gasteiger partial charge is 0.407 e. The fourth-order valence-corrected chi connectivity index (χ4v) is 9.85. The normalized spacial score (nSPS) is 32.3. The first-order chi connectivity index (χ1) is 28.7. The Hall–Kier alpha value is -4.58. The fourth-order valence-electron chi connectivity index (χ4n) is 9.85. The predicted molar refractivity (Wildman–Crippen MR) is 218 cm³/mol. The van der Waals surface area contributed by atoms with E-state index in [4.69, 9.17) is 33.2 Å². The van der Waals surface area contributed by atoms with Crippen LogP contribution in [0.15, 0.2) is 35.4 Å². The van der Waals surface area contributed by atoms with Gasteiger partial charge in [0.1, 0.15) is 35.3 Å². The SMILES string of the molecule is CCC(=O)O[C@H]1C(=O)[C@@]2(C)C(C(OC(=O)c3cccc(OC)c3)[C@]3(O)C[C@H](OC(=O)[C@H](O)[C@H](CC(C)C)NC(=O)OC(C)(C)C)C(C)=C1C3(C)C)[C@]1(OC(C)=O)CO[C@@H]1C[C@@H]2O. The summed E-state index contributed by atoms with van der Waals surface area (Å²) in [5.74, 6) is -6.07. The van der Waals surface area contributed by atoms with Crippen molar-refractivity contribution in [3.05, 3.63) is 41.0 Å². The lowest BCUT2D eigenvalue weighted by molar-refractivity contribution is -0.346. The van der Waals surface area contributed by atoms with Gasteiger partial charge in [-0.3, -0.25) is 14.4 Å². The Morgan fingerprint density at radius 1 is 1.05 bits per heavy atom. The van der Waals surface area contributed by atoms with Crippen LogP contribution in [0.25, 0.3) is 0 Å². The predicted octanol–water partition coefficient (Wildman–Crippen LogP) is 3.90. The molecule has 17 heteroatoms. The molecule has 3 fully saturated rings. The summed E-state index contributed by atoms with van der Waals surface area (Å²) < 4.78 is 41.1. The summed E-state index contributed by atoms with van der Waals surface area (Å²) in [4.78, 5) is 83.4. The number of benzene rings is 1. The molecule has 2 bridgehead atoms. The summed E-state index contributed by atoms with van der Waals surface area (Å²) >= 11 is 0. The van der Waals surface area contributed by atoms with Gasteiger partial charge in [-0.2, -0.15) is 0 Å². The van der Waals surface area contributed by atoms with Crippen molar-refractivity contribution >= 4 is 35.8 Å². The minimum Gasteiger partial charge on any atom is -0.497 e. The van der Waals surface area contributed by atoms with Crippen LogP contribution in [0.2, 0.25) is 0 Å². The average Bonchev–Trinajstić information content (AvgIpc) is 3.17. The summed E-state index contributed by atoms with van der Waals surface area (Å²) in [6, 6.07) is 4.80. The number of aliphatic hydroxyl groups excluding tert-OH is 2. The second-order valence-corrected chi connectivity index (χ2v) is 19.1.